The quantitative estimate of drug-likeness (QED) is 0.545. The van der Waals surface area contributed by atoms with Crippen molar-refractivity contribution >= 4 is 37.5 Å². The van der Waals surface area contributed by atoms with Gasteiger partial charge in [-0.05, 0) is 56.0 Å². The Hall–Kier alpha value is -2.43. The fourth-order valence-electron chi connectivity index (χ4n) is 4.68. The lowest BCUT2D eigenvalue weighted by molar-refractivity contribution is -0.137. The van der Waals surface area contributed by atoms with Crippen LogP contribution < -0.4 is 0 Å². The van der Waals surface area contributed by atoms with Crippen LogP contribution in [0.3, 0.4) is 0 Å². The van der Waals surface area contributed by atoms with Crippen molar-refractivity contribution in [3.05, 3.63) is 59.1 Å². The summed E-state index contributed by atoms with van der Waals surface area (Å²) in [6, 6.07) is 10.5. The van der Waals surface area contributed by atoms with E-state index in [2.05, 4.69) is 0 Å². The Kier molecular flexibility index (Phi) is 5.92. The number of fused-ring (bicyclic) bond motifs is 1. The molecule has 0 radical (unpaired) electrons. The van der Waals surface area contributed by atoms with Gasteiger partial charge in [-0.2, -0.15) is 4.31 Å². The van der Waals surface area contributed by atoms with Crippen molar-refractivity contribution in [2.45, 2.75) is 36.6 Å². The van der Waals surface area contributed by atoms with Crippen LogP contribution in [-0.4, -0.2) is 48.1 Å². The summed E-state index contributed by atoms with van der Waals surface area (Å²) in [6.07, 6.45) is 2.57. The molecular formula is C23H23F2N3O3S2. The lowest BCUT2D eigenvalue weighted by atomic mass is 9.96. The molecule has 6 nitrogen and oxygen atoms in total. The topological polar surface area (TPSA) is 70.6 Å². The van der Waals surface area contributed by atoms with Gasteiger partial charge in [0.2, 0.25) is 15.9 Å². The van der Waals surface area contributed by atoms with Crippen LogP contribution in [0.1, 0.15) is 36.7 Å². The maximum atomic E-state index is 13.5. The van der Waals surface area contributed by atoms with E-state index in [0.29, 0.717) is 25.5 Å². The zero-order valence-electron chi connectivity index (χ0n) is 17.8. The van der Waals surface area contributed by atoms with Crippen LogP contribution in [0.2, 0.25) is 0 Å². The predicted octanol–water partition coefficient (Wildman–Crippen LogP) is 4.34. The number of piperidine rings is 1. The number of rotatable bonds is 4. The normalized spacial score (nSPS) is 20.5. The second-order valence-corrected chi connectivity index (χ2v) is 11.5. The Labute approximate surface area is 194 Å². The van der Waals surface area contributed by atoms with Crippen LogP contribution in [0.25, 0.3) is 10.2 Å². The number of halogens is 2. The average Bonchev–Trinajstić information content (AvgIpc) is 3.47. The first-order valence-corrected chi connectivity index (χ1v) is 13.2. The molecule has 10 heteroatoms. The molecule has 0 aliphatic carbocycles. The predicted molar refractivity (Wildman–Crippen MR) is 121 cm³/mol. The van der Waals surface area contributed by atoms with Gasteiger partial charge in [-0.1, -0.05) is 12.1 Å². The molecule has 33 heavy (non-hydrogen) atoms. The van der Waals surface area contributed by atoms with E-state index in [0.717, 1.165) is 40.2 Å². The highest BCUT2D eigenvalue weighted by molar-refractivity contribution is 7.89. The highest BCUT2D eigenvalue weighted by Gasteiger charge is 2.38. The van der Waals surface area contributed by atoms with Gasteiger partial charge in [0.05, 0.1) is 21.2 Å². The first-order valence-electron chi connectivity index (χ1n) is 11.0. The van der Waals surface area contributed by atoms with Gasteiger partial charge in [-0.3, -0.25) is 4.79 Å². The monoisotopic (exact) mass is 491 g/mol. The number of benzene rings is 2. The number of aromatic nitrogens is 1. The summed E-state index contributed by atoms with van der Waals surface area (Å²) in [5.74, 6) is -2.51. The third-order valence-electron chi connectivity index (χ3n) is 6.46. The number of para-hydroxylation sites is 1. The third-order valence-corrected chi connectivity index (χ3v) is 9.50. The Morgan fingerprint density at radius 1 is 1.00 bits per heavy atom. The molecule has 174 valence electrons. The first kappa shape index (κ1) is 22.4. The number of hydrogen-bond acceptors (Lipinski definition) is 5. The van der Waals surface area contributed by atoms with Crippen molar-refractivity contribution in [1.82, 2.24) is 14.2 Å². The summed E-state index contributed by atoms with van der Waals surface area (Å²) in [5, 5.41) is 0.945. The summed E-state index contributed by atoms with van der Waals surface area (Å²) in [6.45, 7) is 1.00. The van der Waals surface area contributed by atoms with Gasteiger partial charge in [0.15, 0.2) is 11.6 Å². The van der Waals surface area contributed by atoms with Crippen molar-refractivity contribution in [3.8, 4) is 0 Å². The first-order chi connectivity index (χ1) is 15.8. The molecule has 0 spiro atoms. The molecule has 2 aliphatic rings. The zero-order chi connectivity index (χ0) is 23.2. The minimum absolute atomic E-state index is 0.0427. The number of carbonyl (C=O) groups excluding carboxylic acids is 1. The molecule has 2 aromatic carbocycles. The zero-order valence-corrected chi connectivity index (χ0v) is 19.4. The van der Waals surface area contributed by atoms with Gasteiger partial charge in [-0.15, -0.1) is 11.3 Å². The van der Waals surface area contributed by atoms with Crippen LogP contribution in [0.4, 0.5) is 8.78 Å². The smallest absolute Gasteiger partial charge is 0.243 e. The molecule has 2 fully saturated rings. The van der Waals surface area contributed by atoms with Crippen molar-refractivity contribution in [3.63, 3.8) is 0 Å². The van der Waals surface area contributed by atoms with Crippen LogP contribution >= 0.6 is 11.3 Å². The molecule has 1 unspecified atom stereocenters. The Balaban J connectivity index is 1.27. The number of carbonyl (C=O) groups is 1. The standard InChI is InChI=1S/C23H23F2N3O3S2/c24-17-8-7-16(14-18(17)25)33(30,31)27-12-9-15(10-13-27)23(29)28-11-3-5-20(28)22-26-19-4-1-2-6-21(19)32-22/h1-2,4,6-8,14-15,20H,3,5,9-13H2. The second kappa shape index (κ2) is 8.73. The number of thiazole rings is 1. The van der Waals surface area contributed by atoms with E-state index in [9.17, 15) is 22.0 Å². The van der Waals surface area contributed by atoms with E-state index in [4.69, 9.17) is 4.98 Å². The molecule has 0 bridgehead atoms. The molecular weight excluding hydrogens is 468 g/mol. The maximum Gasteiger partial charge on any atom is 0.243 e. The van der Waals surface area contributed by atoms with Gasteiger partial charge in [-0.25, -0.2) is 22.2 Å². The second-order valence-electron chi connectivity index (χ2n) is 8.46. The van der Waals surface area contributed by atoms with E-state index in [-0.39, 0.29) is 35.9 Å². The number of likely N-dealkylation sites (tertiary alicyclic amines) is 1. The van der Waals surface area contributed by atoms with Crippen molar-refractivity contribution < 1.29 is 22.0 Å². The minimum atomic E-state index is -3.94. The van der Waals surface area contributed by atoms with Gasteiger partial charge < -0.3 is 4.90 Å². The fraction of sp³-hybridized carbons (Fsp3) is 0.391. The highest BCUT2D eigenvalue weighted by Crippen LogP contribution is 2.38. The third kappa shape index (κ3) is 4.15. The molecule has 1 atom stereocenters. The molecule has 2 saturated heterocycles. The molecule has 1 amide bonds. The van der Waals surface area contributed by atoms with Crippen LogP contribution in [0.5, 0.6) is 0 Å². The van der Waals surface area contributed by atoms with E-state index in [1.54, 1.807) is 11.3 Å². The number of amides is 1. The highest BCUT2D eigenvalue weighted by atomic mass is 32.2. The summed E-state index contributed by atoms with van der Waals surface area (Å²) in [7, 11) is -3.94. The van der Waals surface area contributed by atoms with Crippen LogP contribution in [0.15, 0.2) is 47.4 Å². The van der Waals surface area contributed by atoms with E-state index >= 15 is 0 Å². The van der Waals surface area contributed by atoms with Crippen LogP contribution in [0, 0.1) is 17.6 Å². The van der Waals surface area contributed by atoms with Crippen molar-refractivity contribution in [2.75, 3.05) is 19.6 Å². The summed E-state index contributed by atoms with van der Waals surface area (Å²) < 4.78 is 54.8. The van der Waals surface area contributed by atoms with Gasteiger partial charge in [0, 0.05) is 25.6 Å². The molecule has 3 aromatic rings. The van der Waals surface area contributed by atoms with Gasteiger partial charge in [0.25, 0.3) is 0 Å². The molecule has 2 aliphatic heterocycles. The van der Waals surface area contributed by atoms with Gasteiger partial charge in [0.1, 0.15) is 5.01 Å². The number of nitrogens with zero attached hydrogens (tertiary/aromatic N) is 3. The van der Waals surface area contributed by atoms with Crippen molar-refractivity contribution in [1.29, 1.82) is 0 Å². The Bertz CT molecular complexity index is 1270. The van der Waals surface area contributed by atoms with E-state index < -0.39 is 21.7 Å². The van der Waals surface area contributed by atoms with Gasteiger partial charge >= 0.3 is 0 Å². The maximum absolute atomic E-state index is 13.5. The lowest BCUT2D eigenvalue weighted by Crippen LogP contribution is -2.44. The molecule has 5 rings (SSSR count). The molecule has 0 N–H and O–H groups in total. The lowest BCUT2D eigenvalue weighted by Gasteiger charge is -2.34. The Morgan fingerprint density at radius 2 is 1.76 bits per heavy atom. The van der Waals surface area contributed by atoms with E-state index in [1.807, 2.05) is 29.2 Å². The average molecular weight is 492 g/mol. The minimum Gasteiger partial charge on any atom is -0.333 e. The number of hydrogen-bond donors (Lipinski definition) is 0. The Morgan fingerprint density at radius 3 is 2.48 bits per heavy atom. The largest absolute Gasteiger partial charge is 0.333 e. The summed E-state index contributed by atoms with van der Waals surface area (Å²) in [5.41, 5.74) is 0.938. The van der Waals surface area contributed by atoms with Crippen molar-refractivity contribution in [2.24, 2.45) is 5.92 Å². The SMILES string of the molecule is O=C(C1CCN(S(=O)(=O)c2ccc(F)c(F)c2)CC1)N1CCCC1c1nc2ccccc2s1. The summed E-state index contributed by atoms with van der Waals surface area (Å²) in [4.78, 5) is 19.7. The summed E-state index contributed by atoms with van der Waals surface area (Å²) >= 11 is 1.62. The van der Waals surface area contributed by atoms with Crippen LogP contribution in [-0.2, 0) is 14.8 Å². The molecule has 0 saturated carbocycles. The molecule has 3 heterocycles. The van der Waals surface area contributed by atoms with E-state index in [1.165, 1.54) is 4.31 Å². The fourth-order valence-corrected chi connectivity index (χ4v) is 7.28. The number of sulfonamides is 1. The molecule has 1 aromatic heterocycles.